The Balaban J connectivity index is 2.13. The Kier molecular flexibility index (Phi) is 13.5. The van der Waals surface area contributed by atoms with Crippen LogP contribution >= 0.6 is 0 Å². The third-order valence-electron chi connectivity index (χ3n) is 6.73. The number of hydrogen-bond donors (Lipinski definition) is 4. The average molecular weight is 568 g/mol. The molecule has 2 aromatic carbocycles. The predicted molar refractivity (Wildman–Crippen MR) is 151 cm³/mol. The topological polar surface area (TPSA) is 122 Å². The van der Waals surface area contributed by atoms with Crippen LogP contribution in [0.5, 0.6) is 0 Å². The normalized spacial score (nSPS) is 14.3. The third kappa shape index (κ3) is 10.9. The second kappa shape index (κ2) is 16.0. The predicted octanol–water partition coefficient (Wildman–Crippen LogP) is 3.42. The molecule has 0 bridgehead atoms. The molecule has 0 heterocycles. The van der Waals surface area contributed by atoms with Gasteiger partial charge in [-0.25, -0.2) is 17.2 Å². The fraction of sp³-hybridized carbons (Fsp3) is 0.552. The van der Waals surface area contributed by atoms with E-state index in [0.717, 1.165) is 30.2 Å². The van der Waals surface area contributed by atoms with Crippen molar-refractivity contribution in [2.24, 2.45) is 5.73 Å². The highest BCUT2D eigenvalue weighted by molar-refractivity contribution is 7.92. The van der Waals surface area contributed by atoms with Gasteiger partial charge >= 0.3 is 0 Å². The van der Waals surface area contributed by atoms with Crippen molar-refractivity contribution < 1.29 is 27.1 Å². The number of nitrogens with two attached hydrogens (primary N) is 1. The van der Waals surface area contributed by atoms with Gasteiger partial charge in [-0.05, 0) is 54.5 Å². The lowest BCUT2D eigenvalue weighted by atomic mass is 10.00. The van der Waals surface area contributed by atoms with Gasteiger partial charge in [-0.15, -0.1) is 0 Å². The fourth-order valence-corrected chi connectivity index (χ4v) is 6.75. The van der Waals surface area contributed by atoms with E-state index in [4.69, 9.17) is 5.73 Å². The number of carbonyl (C=O) groups excluding carboxylic acids is 1. The minimum absolute atomic E-state index is 0.0711. The quantitative estimate of drug-likeness (QED) is 0.233. The van der Waals surface area contributed by atoms with E-state index in [1.165, 1.54) is 5.56 Å². The highest BCUT2D eigenvalue weighted by Crippen LogP contribution is 2.17. The third-order valence-corrected chi connectivity index (χ3v) is 9.04. The van der Waals surface area contributed by atoms with Gasteiger partial charge in [0.15, 0.2) is 9.84 Å². The van der Waals surface area contributed by atoms with Crippen molar-refractivity contribution in [2.75, 3.05) is 12.3 Å². The van der Waals surface area contributed by atoms with Gasteiger partial charge in [0.05, 0.1) is 29.2 Å². The summed E-state index contributed by atoms with van der Waals surface area (Å²) in [6, 6.07) is 8.66. The number of rotatable bonds is 17. The van der Waals surface area contributed by atoms with Gasteiger partial charge in [0.25, 0.3) is 0 Å². The Bertz CT molecular complexity index is 1140. The standard InChI is InChI=1S/C29H43F2N3O4S/c1-4-8-25(9-5-2)39(37,38)19-26(32)29(36)34-27(15-22-13-23(30)16-24(31)14-22)28(35)18-33-17-21-11-7-10-20(6-3)12-21/h7,10-14,16,25-28,33,35H,4-6,8-9,15,17-19,32H2,1-3H3,(H,34,36). The minimum Gasteiger partial charge on any atom is -0.390 e. The summed E-state index contributed by atoms with van der Waals surface area (Å²) in [6.45, 7) is 6.40. The van der Waals surface area contributed by atoms with Gasteiger partial charge < -0.3 is 21.5 Å². The summed E-state index contributed by atoms with van der Waals surface area (Å²) in [5.74, 6) is -2.83. The second-order valence-electron chi connectivity index (χ2n) is 10.1. The van der Waals surface area contributed by atoms with Crippen LogP contribution in [-0.2, 0) is 34.0 Å². The first-order chi connectivity index (χ1) is 18.5. The summed E-state index contributed by atoms with van der Waals surface area (Å²) in [6.07, 6.45) is 2.03. The summed E-state index contributed by atoms with van der Waals surface area (Å²) in [7, 11) is -3.63. The molecule has 0 aliphatic rings. The Morgan fingerprint density at radius 1 is 0.974 bits per heavy atom. The molecule has 0 saturated carbocycles. The summed E-state index contributed by atoms with van der Waals surface area (Å²) in [5.41, 5.74) is 8.46. The summed E-state index contributed by atoms with van der Waals surface area (Å²) in [4.78, 5) is 13.0. The second-order valence-corrected chi connectivity index (χ2v) is 12.4. The molecule has 0 fully saturated rings. The molecule has 0 aliphatic heterocycles. The van der Waals surface area contributed by atoms with Gasteiger partial charge in [-0.1, -0.05) is 57.9 Å². The molecule has 1 amide bonds. The molecule has 0 saturated heterocycles. The fourth-order valence-electron chi connectivity index (χ4n) is 4.63. The van der Waals surface area contributed by atoms with Crippen LogP contribution in [0.2, 0.25) is 0 Å². The Morgan fingerprint density at radius 2 is 1.59 bits per heavy atom. The number of amides is 1. The van der Waals surface area contributed by atoms with Crippen LogP contribution in [0.25, 0.3) is 0 Å². The van der Waals surface area contributed by atoms with Gasteiger partial charge in [-0.2, -0.15) is 0 Å². The molecule has 0 aliphatic carbocycles. The lowest BCUT2D eigenvalue weighted by Gasteiger charge is -2.27. The van der Waals surface area contributed by atoms with E-state index in [1.807, 2.05) is 32.0 Å². The van der Waals surface area contributed by atoms with Crippen LogP contribution in [0.3, 0.4) is 0 Å². The molecule has 218 valence electrons. The first-order valence-electron chi connectivity index (χ1n) is 13.7. The van der Waals surface area contributed by atoms with Crippen molar-refractivity contribution in [1.29, 1.82) is 0 Å². The van der Waals surface area contributed by atoms with Gasteiger partial charge in [0, 0.05) is 19.2 Å². The molecular formula is C29H43F2N3O4S. The van der Waals surface area contributed by atoms with Crippen molar-refractivity contribution in [3.63, 3.8) is 0 Å². The Hall–Kier alpha value is -2.40. The van der Waals surface area contributed by atoms with Crippen LogP contribution in [-0.4, -0.2) is 55.2 Å². The highest BCUT2D eigenvalue weighted by atomic mass is 32.2. The Morgan fingerprint density at radius 3 is 2.18 bits per heavy atom. The molecular weight excluding hydrogens is 524 g/mol. The van der Waals surface area contributed by atoms with Crippen LogP contribution in [0.1, 0.15) is 63.1 Å². The number of nitrogens with one attached hydrogen (secondary N) is 2. The number of sulfone groups is 1. The molecule has 39 heavy (non-hydrogen) atoms. The van der Waals surface area contributed by atoms with Crippen LogP contribution in [0.4, 0.5) is 8.78 Å². The largest absolute Gasteiger partial charge is 0.390 e. The minimum atomic E-state index is -3.63. The van der Waals surface area contributed by atoms with Gasteiger partial charge in [-0.3, -0.25) is 4.79 Å². The summed E-state index contributed by atoms with van der Waals surface area (Å²) >= 11 is 0. The molecule has 3 atom stereocenters. The van der Waals surface area contributed by atoms with E-state index in [9.17, 15) is 27.1 Å². The zero-order valence-electron chi connectivity index (χ0n) is 23.1. The first-order valence-corrected chi connectivity index (χ1v) is 15.4. The molecule has 0 radical (unpaired) electrons. The van der Waals surface area contributed by atoms with Crippen molar-refractivity contribution in [1.82, 2.24) is 10.6 Å². The number of aliphatic hydroxyl groups excluding tert-OH is 1. The number of aryl methyl sites for hydroxylation is 1. The molecule has 0 aromatic heterocycles. The van der Waals surface area contributed by atoms with Crippen molar-refractivity contribution in [3.8, 4) is 0 Å². The number of benzene rings is 2. The Labute approximate surface area is 231 Å². The molecule has 10 heteroatoms. The maximum atomic E-state index is 13.8. The number of carbonyl (C=O) groups is 1. The van der Waals surface area contributed by atoms with Gasteiger partial charge in [0.2, 0.25) is 5.91 Å². The monoisotopic (exact) mass is 567 g/mol. The molecule has 5 N–H and O–H groups in total. The van der Waals surface area contributed by atoms with E-state index in [0.29, 0.717) is 32.2 Å². The van der Waals surface area contributed by atoms with E-state index >= 15 is 0 Å². The van der Waals surface area contributed by atoms with Gasteiger partial charge in [0.1, 0.15) is 11.6 Å². The smallest absolute Gasteiger partial charge is 0.238 e. The molecule has 0 spiro atoms. The summed E-state index contributed by atoms with van der Waals surface area (Å²) in [5, 5.41) is 16.2. The van der Waals surface area contributed by atoms with E-state index < -0.39 is 56.6 Å². The molecule has 3 unspecified atom stereocenters. The molecule has 2 aromatic rings. The van der Waals surface area contributed by atoms with Crippen molar-refractivity contribution in [2.45, 2.75) is 89.3 Å². The number of halogens is 2. The van der Waals surface area contributed by atoms with E-state index in [1.54, 1.807) is 0 Å². The SMILES string of the molecule is CCCC(CCC)S(=O)(=O)CC(N)C(=O)NC(Cc1cc(F)cc(F)c1)C(O)CNCc1cccc(CC)c1. The number of hydrogen-bond acceptors (Lipinski definition) is 6. The van der Waals surface area contributed by atoms with Crippen LogP contribution in [0.15, 0.2) is 42.5 Å². The highest BCUT2D eigenvalue weighted by Gasteiger charge is 2.31. The summed E-state index contributed by atoms with van der Waals surface area (Å²) < 4.78 is 53.5. The zero-order chi connectivity index (χ0) is 29.0. The van der Waals surface area contributed by atoms with Crippen LogP contribution in [0, 0.1) is 11.6 Å². The van der Waals surface area contributed by atoms with Crippen molar-refractivity contribution in [3.05, 3.63) is 70.8 Å². The molecule has 2 rings (SSSR count). The molecule has 7 nitrogen and oxygen atoms in total. The zero-order valence-corrected chi connectivity index (χ0v) is 23.9. The lowest BCUT2D eigenvalue weighted by Crippen LogP contribution is -2.54. The van der Waals surface area contributed by atoms with Crippen LogP contribution < -0.4 is 16.4 Å². The number of aliphatic hydroxyl groups is 1. The van der Waals surface area contributed by atoms with Crippen molar-refractivity contribution >= 4 is 15.7 Å². The average Bonchev–Trinajstić information content (AvgIpc) is 2.87. The van der Waals surface area contributed by atoms with E-state index in [2.05, 4.69) is 23.6 Å². The maximum absolute atomic E-state index is 13.8. The maximum Gasteiger partial charge on any atom is 0.238 e. The first kappa shape index (κ1) is 32.8. The van der Waals surface area contributed by atoms with E-state index in [-0.39, 0.29) is 18.5 Å². The lowest BCUT2D eigenvalue weighted by molar-refractivity contribution is -0.123.